The summed E-state index contributed by atoms with van der Waals surface area (Å²) in [5.74, 6) is -3.01. The van der Waals surface area contributed by atoms with Crippen molar-refractivity contribution < 1.29 is 41.2 Å². The fourth-order valence-electron chi connectivity index (χ4n) is 6.36. The zero-order valence-corrected chi connectivity index (χ0v) is 29.7. The van der Waals surface area contributed by atoms with E-state index in [9.17, 15) is 36.6 Å². The van der Waals surface area contributed by atoms with E-state index in [0.29, 0.717) is 35.3 Å². The van der Waals surface area contributed by atoms with Crippen LogP contribution in [-0.2, 0) is 29.5 Å². The Balaban J connectivity index is 1.64. The number of phenols is 1. The van der Waals surface area contributed by atoms with Crippen molar-refractivity contribution in [2.45, 2.75) is 72.8 Å². The monoisotopic (exact) mass is 733 g/mol. The van der Waals surface area contributed by atoms with E-state index < -0.39 is 72.9 Å². The highest BCUT2D eigenvalue weighted by atomic mass is 32.2. The molecule has 1 aliphatic rings. The van der Waals surface area contributed by atoms with Crippen molar-refractivity contribution in [2.24, 2.45) is 11.1 Å². The molecule has 7 N–H and O–H groups in total. The molecule has 12 nitrogen and oxygen atoms in total. The number of aromatic hydroxyl groups is 1. The average Bonchev–Trinajstić information content (AvgIpc) is 3.11. The lowest BCUT2D eigenvalue weighted by atomic mass is 9.68. The van der Waals surface area contributed by atoms with Crippen LogP contribution >= 0.6 is 11.8 Å². The number of carbonyl (C=O) groups excluding carboxylic acids is 2. The lowest BCUT2D eigenvalue weighted by Crippen LogP contribution is -2.53. The highest BCUT2D eigenvalue weighted by Crippen LogP contribution is 2.51. The summed E-state index contributed by atoms with van der Waals surface area (Å²) in [5, 5.41) is 25.5. The number of hydrogen-bond acceptors (Lipinski definition) is 10. The molecule has 0 saturated heterocycles. The van der Waals surface area contributed by atoms with E-state index in [2.05, 4.69) is 10.6 Å². The van der Waals surface area contributed by atoms with Gasteiger partial charge in [0.05, 0.1) is 22.5 Å². The second-order valence-corrected chi connectivity index (χ2v) is 16.8. The Kier molecular flexibility index (Phi) is 12.5. The summed E-state index contributed by atoms with van der Waals surface area (Å²) in [7, 11) is -8.43. The molecule has 266 valence electrons. The first-order valence-corrected chi connectivity index (χ1v) is 20.1. The molecule has 4 unspecified atom stereocenters. The summed E-state index contributed by atoms with van der Waals surface area (Å²) in [6.07, 6.45) is 1.12. The molecule has 0 fully saturated rings. The quantitative estimate of drug-likeness (QED) is 0.104. The molecule has 2 amide bonds. The van der Waals surface area contributed by atoms with Gasteiger partial charge in [-0.1, -0.05) is 69.2 Å². The molecule has 1 heterocycles. The molecule has 49 heavy (non-hydrogen) atoms. The van der Waals surface area contributed by atoms with E-state index in [0.717, 1.165) is 23.7 Å². The van der Waals surface area contributed by atoms with Gasteiger partial charge in [-0.15, -0.1) is 11.8 Å². The minimum Gasteiger partial charge on any atom is -0.508 e. The SMILES string of the molecule is CCCCC1(CC)C(O)C(c2ccccc2)c2cc(SCC(=O)N[C@@H](C(=O)NCCS(=O)(=O)O)c3ccc(O)cc3)ccc2S(=O)(=O)C1N. The Morgan fingerprint density at radius 1 is 1.04 bits per heavy atom. The highest BCUT2D eigenvalue weighted by molar-refractivity contribution is 8.00. The van der Waals surface area contributed by atoms with Crippen LogP contribution in [0.25, 0.3) is 0 Å². The molecule has 3 aromatic carbocycles. The summed E-state index contributed by atoms with van der Waals surface area (Å²) >= 11 is 1.10. The van der Waals surface area contributed by atoms with Gasteiger partial charge in [0, 0.05) is 22.8 Å². The first kappa shape index (κ1) is 38.3. The van der Waals surface area contributed by atoms with Gasteiger partial charge in [-0.3, -0.25) is 14.1 Å². The number of hydrogen-bond donors (Lipinski definition) is 6. The van der Waals surface area contributed by atoms with Crippen LogP contribution in [-0.4, -0.2) is 72.9 Å². The number of phenolic OH excluding ortho intramolecular Hbond substituents is 1. The molecular formula is C34H43N3O9S3. The maximum atomic E-state index is 14.1. The summed E-state index contributed by atoms with van der Waals surface area (Å²) in [4.78, 5) is 26.8. The van der Waals surface area contributed by atoms with Crippen molar-refractivity contribution in [3.63, 3.8) is 0 Å². The Morgan fingerprint density at radius 3 is 2.33 bits per heavy atom. The number of rotatable bonds is 14. The number of fused-ring (bicyclic) bond motifs is 1. The van der Waals surface area contributed by atoms with Crippen molar-refractivity contribution in [3.05, 3.63) is 89.5 Å². The van der Waals surface area contributed by atoms with Crippen molar-refractivity contribution >= 4 is 43.5 Å². The van der Waals surface area contributed by atoms with E-state index in [1.165, 1.54) is 30.3 Å². The van der Waals surface area contributed by atoms with Crippen LogP contribution in [0.2, 0.25) is 0 Å². The van der Waals surface area contributed by atoms with Gasteiger partial charge in [0.25, 0.3) is 10.1 Å². The predicted molar refractivity (Wildman–Crippen MR) is 187 cm³/mol. The van der Waals surface area contributed by atoms with Gasteiger partial charge in [0.15, 0.2) is 9.84 Å². The zero-order chi connectivity index (χ0) is 36.0. The topological polar surface area (TPSA) is 213 Å². The first-order valence-electron chi connectivity index (χ1n) is 15.9. The Labute approximate surface area is 291 Å². The number of aliphatic hydroxyl groups is 1. The molecule has 0 aromatic heterocycles. The van der Waals surface area contributed by atoms with Crippen LogP contribution in [0.5, 0.6) is 5.75 Å². The highest BCUT2D eigenvalue weighted by Gasteiger charge is 2.54. The lowest BCUT2D eigenvalue weighted by molar-refractivity contribution is -0.128. The molecule has 1 aliphatic heterocycles. The summed E-state index contributed by atoms with van der Waals surface area (Å²) < 4.78 is 59.5. The van der Waals surface area contributed by atoms with Crippen LogP contribution in [0.15, 0.2) is 82.6 Å². The van der Waals surface area contributed by atoms with E-state index in [1.807, 2.05) is 44.2 Å². The second-order valence-electron chi connectivity index (χ2n) is 12.1. The largest absolute Gasteiger partial charge is 0.508 e. The smallest absolute Gasteiger partial charge is 0.266 e. The van der Waals surface area contributed by atoms with Crippen LogP contribution < -0.4 is 16.4 Å². The molecule has 0 aliphatic carbocycles. The molecule has 0 saturated carbocycles. The lowest BCUT2D eigenvalue weighted by Gasteiger charge is -2.42. The summed E-state index contributed by atoms with van der Waals surface area (Å²) in [6.45, 7) is 3.45. The second kappa shape index (κ2) is 16.0. The Morgan fingerprint density at radius 2 is 1.71 bits per heavy atom. The van der Waals surface area contributed by atoms with Crippen LogP contribution in [0.4, 0.5) is 0 Å². The molecule has 0 bridgehead atoms. The molecular weight excluding hydrogens is 691 g/mol. The molecule has 5 atom stereocenters. The van der Waals surface area contributed by atoms with Gasteiger partial charge in [0.2, 0.25) is 11.8 Å². The van der Waals surface area contributed by atoms with E-state index in [1.54, 1.807) is 12.1 Å². The van der Waals surface area contributed by atoms with Crippen molar-refractivity contribution in [1.29, 1.82) is 0 Å². The first-order chi connectivity index (χ1) is 23.1. The zero-order valence-electron chi connectivity index (χ0n) is 27.3. The van der Waals surface area contributed by atoms with Crippen LogP contribution in [0.3, 0.4) is 0 Å². The molecule has 3 aromatic rings. The molecule has 0 spiro atoms. The van der Waals surface area contributed by atoms with Crippen molar-refractivity contribution in [3.8, 4) is 5.75 Å². The normalized spacial score (nSPS) is 22.3. The standard InChI is InChI=1S/C34H43N3O9S3/c1-3-5-17-34(4-2)31(40)29(22-9-7-6-8-10-22)26-20-25(15-16-27(26)49(45,46)33(34)35)47-21-28(39)37-30(23-11-13-24(38)14-12-23)32(41)36-18-19-48(42,43)44/h6-16,20,29-31,33,38,40H,3-5,17-19,21,35H2,1-2H3,(H,36,41)(H,37,39)(H,42,43,44)/t29?,30-,31?,33?,34?/m1/s1. The number of unbranched alkanes of at least 4 members (excludes halogenated alkanes) is 1. The summed E-state index contributed by atoms with van der Waals surface area (Å²) in [6, 6.07) is 18.2. The number of aliphatic hydroxyl groups excluding tert-OH is 1. The van der Waals surface area contributed by atoms with Crippen LogP contribution in [0, 0.1) is 5.41 Å². The maximum Gasteiger partial charge on any atom is 0.266 e. The third-order valence-corrected chi connectivity index (χ3v) is 12.9. The molecule has 4 rings (SSSR count). The fourth-order valence-corrected chi connectivity index (χ4v) is 9.57. The van der Waals surface area contributed by atoms with Gasteiger partial charge < -0.3 is 26.6 Å². The van der Waals surface area contributed by atoms with Crippen LogP contribution in [0.1, 0.15) is 68.2 Å². The van der Waals surface area contributed by atoms with Gasteiger partial charge in [-0.05, 0) is 59.9 Å². The van der Waals surface area contributed by atoms with Gasteiger partial charge in [-0.25, -0.2) is 8.42 Å². The Hall–Kier alpha value is -3.47. The number of thioether (sulfide) groups is 1. The molecule has 0 radical (unpaired) electrons. The number of carbonyl (C=O) groups is 2. The minimum absolute atomic E-state index is 0.0301. The third-order valence-electron chi connectivity index (χ3n) is 9.06. The fraction of sp³-hybridized carbons (Fsp3) is 0.412. The van der Waals surface area contributed by atoms with E-state index in [4.69, 9.17) is 10.3 Å². The average molecular weight is 734 g/mol. The predicted octanol–water partition coefficient (Wildman–Crippen LogP) is 3.50. The number of benzene rings is 3. The van der Waals surface area contributed by atoms with Gasteiger partial charge in [-0.2, -0.15) is 8.42 Å². The summed E-state index contributed by atoms with van der Waals surface area (Å²) in [5.41, 5.74) is 6.91. The van der Waals surface area contributed by atoms with Gasteiger partial charge in [0.1, 0.15) is 17.2 Å². The number of amides is 2. The van der Waals surface area contributed by atoms with Crippen molar-refractivity contribution in [2.75, 3.05) is 18.1 Å². The van der Waals surface area contributed by atoms with E-state index >= 15 is 0 Å². The van der Waals surface area contributed by atoms with E-state index in [-0.39, 0.29) is 16.4 Å². The number of nitrogens with two attached hydrogens (primary N) is 1. The number of sulfone groups is 1. The number of nitrogens with one attached hydrogen (secondary N) is 2. The molecule has 15 heteroatoms. The Bertz CT molecular complexity index is 1840. The third kappa shape index (κ3) is 8.83. The van der Waals surface area contributed by atoms with Crippen molar-refractivity contribution in [1.82, 2.24) is 10.6 Å². The van der Waals surface area contributed by atoms with Gasteiger partial charge >= 0.3 is 0 Å². The minimum atomic E-state index is -4.33. The maximum absolute atomic E-state index is 14.1.